The quantitative estimate of drug-likeness (QED) is 0.481. The summed E-state index contributed by atoms with van der Waals surface area (Å²) in [6, 6.07) is 20.1. The van der Waals surface area contributed by atoms with E-state index in [0.717, 1.165) is 20.5 Å². The minimum Gasteiger partial charge on any atom is -0.457 e. The van der Waals surface area contributed by atoms with Gasteiger partial charge in [-0.2, -0.15) is 5.26 Å². The predicted molar refractivity (Wildman–Crippen MR) is 108 cm³/mol. The normalized spacial score (nSPS) is 21.7. The van der Waals surface area contributed by atoms with Crippen LogP contribution in [0.15, 0.2) is 64.1 Å². The van der Waals surface area contributed by atoms with Crippen molar-refractivity contribution in [3.8, 4) is 17.6 Å². The molecule has 2 aromatic carbocycles. The summed E-state index contributed by atoms with van der Waals surface area (Å²) in [5.41, 5.74) is 1.11. The van der Waals surface area contributed by atoms with Crippen LogP contribution in [0.4, 0.5) is 0 Å². The number of allylic oxidation sites excluding steroid dienone is 1. The SMILES string of the molecule is CC1(C)[C@@H](C=C(Br)Br)[C@@H]1C(C#N)c1cccc(Oc2ccccc2)c1. The van der Waals surface area contributed by atoms with Gasteiger partial charge in [-0.25, -0.2) is 0 Å². The van der Waals surface area contributed by atoms with Crippen LogP contribution in [0.2, 0.25) is 0 Å². The molecule has 2 nitrogen and oxygen atoms in total. The maximum absolute atomic E-state index is 9.82. The summed E-state index contributed by atoms with van der Waals surface area (Å²) in [5, 5.41) is 9.82. The molecule has 1 fully saturated rings. The molecule has 4 heteroatoms. The van der Waals surface area contributed by atoms with Crippen LogP contribution >= 0.6 is 31.9 Å². The molecule has 0 bridgehead atoms. The van der Waals surface area contributed by atoms with E-state index in [1.54, 1.807) is 0 Å². The maximum atomic E-state index is 9.82. The van der Waals surface area contributed by atoms with Crippen molar-refractivity contribution in [2.24, 2.45) is 17.3 Å². The second-order valence-corrected chi connectivity index (χ2v) is 9.70. The van der Waals surface area contributed by atoms with E-state index in [9.17, 15) is 5.26 Å². The highest BCUT2D eigenvalue weighted by atomic mass is 79.9. The van der Waals surface area contributed by atoms with Crippen molar-refractivity contribution >= 4 is 31.9 Å². The summed E-state index contributed by atoms with van der Waals surface area (Å²) in [6.45, 7) is 4.44. The molecule has 1 aliphatic rings. The molecule has 3 rings (SSSR count). The molecule has 128 valence electrons. The zero-order valence-corrected chi connectivity index (χ0v) is 17.3. The van der Waals surface area contributed by atoms with Gasteiger partial charge in [-0.15, -0.1) is 0 Å². The molecular weight excluding hydrogens is 442 g/mol. The second kappa shape index (κ2) is 7.35. The van der Waals surface area contributed by atoms with Crippen molar-refractivity contribution in [3.05, 3.63) is 69.6 Å². The van der Waals surface area contributed by atoms with E-state index < -0.39 is 0 Å². The van der Waals surface area contributed by atoms with Gasteiger partial charge in [0.05, 0.1) is 15.4 Å². The molecule has 0 spiro atoms. The zero-order valence-electron chi connectivity index (χ0n) is 14.1. The van der Waals surface area contributed by atoms with Crippen molar-refractivity contribution < 1.29 is 4.74 Å². The third-order valence-electron chi connectivity index (χ3n) is 5.00. The molecular formula is C21H19Br2NO. The lowest BCUT2D eigenvalue weighted by molar-refractivity contribution is 0.479. The number of hydrogen-bond donors (Lipinski definition) is 0. The highest BCUT2D eigenvalue weighted by Gasteiger charge is 2.60. The van der Waals surface area contributed by atoms with E-state index in [1.807, 2.05) is 54.6 Å². The Morgan fingerprint density at radius 3 is 2.44 bits per heavy atom. The Morgan fingerprint density at radius 2 is 1.80 bits per heavy atom. The van der Waals surface area contributed by atoms with Crippen molar-refractivity contribution in [2.75, 3.05) is 0 Å². The first-order valence-corrected chi connectivity index (χ1v) is 9.77. The van der Waals surface area contributed by atoms with Crippen molar-refractivity contribution in [3.63, 3.8) is 0 Å². The first kappa shape index (κ1) is 18.2. The average molecular weight is 461 g/mol. The van der Waals surface area contributed by atoms with Gasteiger partial charge < -0.3 is 4.74 Å². The molecule has 0 N–H and O–H groups in total. The summed E-state index contributed by atoms with van der Waals surface area (Å²) in [6.07, 6.45) is 2.15. The van der Waals surface area contributed by atoms with Gasteiger partial charge in [-0.3, -0.25) is 0 Å². The lowest BCUT2D eigenvalue weighted by atomic mass is 9.91. The minimum absolute atomic E-state index is 0.101. The Hall–Kier alpha value is -1.57. The topological polar surface area (TPSA) is 33.0 Å². The number of nitrogens with zero attached hydrogens (tertiary/aromatic N) is 1. The summed E-state index contributed by atoms with van der Waals surface area (Å²) in [5.74, 6) is 2.05. The Balaban J connectivity index is 1.84. The van der Waals surface area contributed by atoms with Crippen LogP contribution < -0.4 is 4.74 Å². The number of rotatable bonds is 5. The molecule has 0 aliphatic heterocycles. The van der Waals surface area contributed by atoms with Gasteiger partial charge in [0.2, 0.25) is 0 Å². The monoisotopic (exact) mass is 459 g/mol. The molecule has 0 radical (unpaired) electrons. The summed E-state index contributed by atoms with van der Waals surface area (Å²) in [4.78, 5) is 0. The van der Waals surface area contributed by atoms with E-state index in [-0.39, 0.29) is 17.3 Å². The fourth-order valence-corrected chi connectivity index (χ4v) is 4.14. The smallest absolute Gasteiger partial charge is 0.127 e. The third-order valence-corrected chi connectivity index (χ3v) is 5.52. The van der Waals surface area contributed by atoms with Crippen molar-refractivity contribution in [2.45, 2.75) is 19.8 Å². The molecule has 3 atom stereocenters. The number of benzene rings is 2. The Bertz CT molecular complexity index is 819. The van der Waals surface area contributed by atoms with Gasteiger partial charge in [-0.1, -0.05) is 50.3 Å². The maximum Gasteiger partial charge on any atom is 0.127 e. The molecule has 1 unspecified atom stereocenters. The molecule has 0 aromatic heterocycles. The number of ether oxygens (including phenoxy) is 1. The van der Waals surface area contributed by atoms with Crippen molar-refractivity contribution in [1.82, 2.24) is 0 Å². The number of halogens is 2. The highest BCUT2D eigenvalue weighted by Crippen LogP contribution is 2.65. The standard InChI is InChI=1S/C21H19Br2NO/c1-21(2)18(12-19(22)23)20(21)17(13-24)14-7-6-10-16(11-14)25-15-8-4-3-5-9-15/h3-12,17-18,20H,1-2H3/t17?,18-,20-/m0/s1. The number of hydrogen-bond acceptors (Lipinski definition) is 2. The van der Waals surface area contributed by atoms with Gasteiger partial charge in [0.25, 0.3) is 0 Å². The van der Waals surface area contributed by atoms with E-state index in [4.69, 9.17) is 4.74 Å². The van der Waals surface area contributed by atoms with Gasteiger partial charge in [-0.05, 0) is 78.9 Å². The first-order valence-electron chi connectivity index (χ1n) is 8.19. The summed E-state index contributed by atoms with van der Waals surface area (Å²) < 4.78 is 6.86. The Labute approximate surface area is 165 Å². The van der Waals surface area contributed by atoms with Crippen LogP contribution in [0.3, 0.4) is 0 Å². The van der Waals surface area contributed by atoms with Crippen molar-refractivity contribution in [1.29, 1.82) is 5.26 Å². The van der Waals surface area contributed by atoms with E-state index in [1.165, 1.54) is 0 Å². The van der Waals surface area contributed by atoms with E-state index in [2.05, 4.69) is 57.9 Å². The fraction of sp³-hybridized carbons (Fsp3) is 0.286. The molecule has 1 aliphatic carbocycles. The zero-order chi connectivity index (χ0) is 18.0. The second-order valence-electron chi connectivity index (χ2n) is 6.92. The minimum atomic E-state index is -0.157. The summed E-state index contributed by atoms with van der Waals surface area (Å²) >= 11 is 6.89. The largest absolute Gasteiger partial charge is 0.457 e. The number of para-hydroxylation sites is 1. The summed E-state index contributed by atoms with van der Waals surface area (Å²) in [7, 11) is 0. The average Bonchev–Trinajstić information content (AvgIpc) is 3.09. The lowest BCUT2D eigenvalue weighted by Crippen LogP contribution is -2.03. The van der Waals surface area contributed by atoms with Crippen LogP contribution in [-0.4, -0.2) is 0 Å². The van der Waals surface area contributed by atoms with Crippen LogP contribution in [0.25, 0.3) is 0 Å². The van der Waals surface area contributed by atoms with Gasteiger partial charge >= 0.3 is 0 Å². The van der Waals surface area contributed by atoms with Crippen LogP contribution in [0, 0.1) is 28.6 Å². The fourth-order valence-electron chi connectivity index (χ4n) is 3.57. The molecule has 2 aromatic rings. The highest BCUT2D eigenvalue weighted by molar-refractivity contribution is 9.28. The Kier molecular flexibility index (Phi) is 5.36. The van der Waals surface area contributed by atoms with Gasteiger partial charge in [0.15, 0.2) is 0 Å². The molecule has 1 saturated carbocycles. The molecule has 0 heterocycles. The van der Waals surface area contributed by atoms with E-state index in [0.29, 0.717) is 5.92 Å². The van der Waals surface area contributed by atoms with Crippen LogP contribution in [0.5, 0.6) is 11.5 Å². The molecule has 0 amide bonds. The predicted octanol–water partition coefficient (Wildman–Crippen LogP) is 6.99. The van der Waals surface area contributed by atoms with Crippen LogP contribution in [0.1, 0.15) is 25.3 Å². The first-order chi connectivity index (χ1) is 11.9. The lowest BCUT2D eigenvalue weighted by Gasteiger charge is -2.13. The molecule has 0 saturated heterocycles. The Morgan fingerprint density at radius 1 is 1.12 bits per heavy atom. The third kappa shape index (κ3) is 3.99. The van der Waals surface area contributed by atoms with E-state index >= 15 is 0 Å². The molecule has 25 heavy (non-hydrogen) atoms. The van der Waals surface area contributed by atoms with Gasteiger partial charge in [0.1, 0.15) is 11.5 Å². The van der Waals surface area contributed by atoms with Gasteiger partial charge in [0, 0.05) is 0 Å². The number of nitriles is 1. The van der Waals surface area contributed by atoms with Crippen LogP contribution in [-0.2, 0) is 0 Å².